The van der Waals surface area contributed by atoms with E-state index in [1.807, 2.05) is 19.3 Å². The predicted octanol–water partition coefficient (Wildman–Crippen LogP) is 1.33. The first-order valence-corrected chi connectivity index (χ1v) is 6.98. The maximum absolute atomic E-state index is 10.1. The van der Waals surface area contributed by atoms with Gasteiger partial charge < -0.3 is 15.3 Å². The predicted molar refractivity (Wildman–Crippen MR) is 76.1 cm³/mol. The number of nitrogens with one attached hydrogen (secondary N) is 1. The second-order valence-electron chi connectivity index (χ2n) is 5.95. The molecule has 1 aromatic rings. The zero-order valence-corrected chi connectivity index (χ0v) is 12.1. The summed E-state index contributed by atoms with van der Waals surface area (Å²) in [5.74, 6) is 0.716. The maximum atomic E-state index is 10.1. The summed E-state index contributed by atoms with van der Waals surface area (Å²) in [6.45, 7) is 8.42. The van der Waals surface area contributed by atoms with Gasteiger partial charge in [0.1, 0.15) is 0 Å². The van der Waals surface area contributed by atoms with Crippen molar-refractivity contribution in [3.63, 3.8) is 0 Å². The Labute approximate surface area is 115 Å². The summed E-state index contributed by atoms with van der Waals surface area (Å²) in [6.07, 6.45) is 5.55. The highest BCUT2D eigenvalue weighted by Gasteiger charge is 2.29. The fourth-order valence-electron chi connectivity index (χ4n) is 2.32. The minimum atomic E-state index is -0.626. The second-order valence-corrected chi connectivity index (χ2v) is 5.95. The minimum absolute atomic E-state index is 0.455. The molecule has 1 saturated heterocycles. The van der Waals surface area contributed by atoms with Gasteiger partial charge in [0, 0.05) is 43.6 Å². The van der Waals surface area contributed by atoms with Gasteiger partial charge in [-0.1, -0.05) is 13.8 Å². The number of hydrogen-bond acceptors (Lipinski definition) is 5. The summed E-state index contributed by atoms with van der Waals surface area (Å²) in [5.41, 5.74) is 0.459. The molecule has 106 valence electrons. The van der Waals surface area contributed by atoms with Gasteiger partial charge in [0.15, 0.2) is 0 Å². The second kappa shape index (κ2) is 5.84. The number of β-amino-alcohol motifs (C(OH)–C–C–N with tert-alkyl or cyclic N) is 1. The Morgan fingerprint density at radius 1 is 1.42 bits per heavy atom. The fourth-order valence-corrected chi connectivity index (χ4v) is 2.32. The lowest BCUT2D eigenvalue weighted by molar-refractivity contribution is 0.0444. The lowest BCUT2D eigenvalue weighted by atomic mass is 9.95. The molecule has 0 aromatic carbocycles. The van der Waals surface area contributed by atoms with Crippen molar-refractivity contribution >= 4 is 5.95 Å². The third-order valence-electron chi connectivity index (χ3n) is 3.36. The SMILES string of the molecule is CC(C)NCc1cnc(N2CCCC(C)(O)C2)nc1. The number of hydrogen-bond donors (Lipinski definition) is 2. The highest BCUT2D eigenvalue weighted by molar-refractivity contribution is 5.31. The van der Waals surface area contributed by atoms with E-state index in [4.69, 9.17) is 0 Å². The van der Waals surface area contributed by atoms with Gasteiger partial charge in [-0.3, -0.25) is 0 Å². The van der Waals surface area contributed by atoms with Crippen molar-refractivity contribution in [2.24, 2.45) is 0 Å². The van der Waals surface area contributed by atoms with E-state index in [9.17, 15) is 5.11 Å². The van der Waals surface area contributed by atoms with E-state index in [-0.39, 0.29) is 0 Å². The zero-order valence-electron chi connectivity index (χ0n) is 12.1. The molecule has 0 radical (unpaired) electrons. The Balaban J connectivity index is 1.98. The van der Waals surface area contributed by atoms with Gasteiger partial charge >= 0.3 is 0 Å². The third-order valence-corrected chi connectivity index (χ3v) is 3.36. The molecule has 2 N–H and O–H groups in total. The average molecular weight is 264 g/mol. The minimum Gasteiger partial charge on any atom is -0.388 e. The first-order chi connectivity index (χ1) is 8.96. The highest BCUT2D eigenvalue weighted by Crippen LogP contribution is 2.22. The summed E-state index contributed by atoms with van der Waals surface area (Å²) < 4.78 is 0. The molecule has 0 amide bonds. The number of aromatic nitrogens is 2. The van der Waals surface area contributed by atoms with E-state index >= 15 is 0 Å². The summed E-state index contributed by atoms with van der Waals surface area (Å²) in [4.78, 5) is 10.9. The lowest BCUT2D eigenvalue weighted by Crippen LogP contribution is -2.46. The molecule has 2 heterocycles. The van der Waals surface area contributed by atoms with Crippen LogP contribution >= 0.6 is 0 Å². The first-order valence-electron chi connectivity index (χ1n) is 6.98. The van der Waals surface area contributed by atoms with E-state index in [0.29, 0.717) is 18.5 Å². The van der Waals surface area contributed by atoms with Gasteiger partial charge in [-0.15, -0.1) is 0 Å². The van der Waals surface area contributed by atoms with Crippen molar-refractivity contribution in [1.29, 1.82) is 0 Å². The van der Waals surface area contributed by atoms with E-state index in [0.717, 1.165) is 31.5 Å². The van der Waals surface area contributed by atoms with Crippen molar-refractivity contribution in [2.45, 2.75) is 51.8 Å². The Kier molecular flexibility index (Phi) is 4.37. The van der Waals surface area contributed by atoms with Crippen molar-refractivity contribution < 1.29 is 5.11 Å². The van der Waals surface area contributed by atoms with Gasteiger partial charge in [-0.05, 0) is 19.8 Å². The number of aliphatic hydroxyl groups is 1. The van der Waals surface area contributed by atoms with Crippen molar-refractivity contribution in [2.75, 3.05) is 18.0 Å². The molecule has 0 aliphatic carbocycles. The molecule has 2 rings (SSSR count). The van der Waals surface area contributed by atoms with Crippen LogP contribution in [0.15, 0.2) is 12.4 Å². The fraction of sp³-hybridized carbons (Fsp3) is 0.714. The molecule has 1 aromatic heterocycles. The quantitative estimate of drug-likeness (QED) is 0.859. The zero-order chi connectivity index (χ0) is 13.9. The van der Waals surface area contributed by atoms with Crippen LogP contribution in [0.1, 0.15) is 39.2 Å². The van der Waals surface area contributed by atoms with Gasteiger partial charge in [-0.2, -0.15) is 0 Å². The number of rotatable bonds is 4. The lowest BCUT2D eigenvalue weighted by Gasteiger charge is -2.36. The molecule has 5 heteroatoms. The van der Waals surface area contributed by atoms with Crippen LogP contribution in [0.5, 0.6) is 0 Å². The number of piperidine rings is 1. The standard InChI is InChI=1S/C14H24N4O/c1-11(2)15-7-12-8-16-13(17-9-12)18-6-4-5-14(3,19)10-18/h8-9,11,15,19H,4-7,10H2,1-3H3. The molecule has 1 aliphatic rings. The van der Waals surface area contributed by atoms with Gasteiger partial charge in [0.2, 0.25) is 5.95 Å². The van der Waals surface area contributed by atoms with Gasteiger partial charge in [0.05, 0.1) is 5.60 Å². The Morgan fingerprint density at radius 2 is 2.11 bits per heavy atom. The van der Waals surface area contributed by atoms with Crippen LogP contribution in [-0.2, 0) is 6.54 Å². The number of anilines is 1. The molecule has 1 atom stereocenters. The smallest absolute Gasteiger partial charge is 0.225 e. The highest BCUT2D eigenvalue weighted by atomic mass is 16.3. The van der Waals surface area contributed by atoms with Crippen LogP contribution in [-0.4, -0.2) is 39.8 Å². The Morgan fingerprint density at radius 3 is 2.68 bits per heavy atom. The molecular formula is C14H24N4O. The molecular weight excluding hydrogens is 240 g/mol. The van der Waals surface area contributed by atoms with E-state index in [2.05, 4.69) is 34.0 Å². The summed E-state index contributed by atoms with van der Waals surface area (Å²) in [6, 6.07) is 0.455. The van der Waals surface area contributed by atoms with E-state index in [1.54, 1.807) is 0 Å². The normalized spacial score (nSPS) is 23.9. The van der Waals surface area contributed by atoms with Crippen LogP contribution in [0.2, 0.25) is 0 Å². The van der Waals surface area contributed by atoms with E-state index < -0.39 is 5.60 Å². The van der Waals surface area contributed by atoms with Crippen LogP contribution in [0.25, 0.3) is 0 Å². The molecule has 1 unspecified atom stereocenters. The van der Waals surface area contributed by atoms with Gasteiger partial charge in [-0.25, -0.2) is 9.97 Å². The topological polar surface area (TPSA) is 61.3 Å². The van der Waals surface area contributed by atoms with Crippen LogP contribution in [0.3, 0.4) is 0 Å². The molecule has 19 heavy (non-hydrogen) atoms. The third kappa shape index (κ3) is 4.14. The molecule has 0 saturated carbocycles. The number of nitrogens with zero attached hydrogens (tertiary/aromatic N) is 3. The van der Waals surface area contributed by atoms with Gasteiger partial charge in [0.25, 0.3) is 0 Å². The molecule has 1 aliphatic heterocycles. The molecule has 1 fully saturated rings. The molecule has 5 nitrogen and oxygen atoms in total. The average Bonchev–Trinajstić information content (AvgIpc) is 2.36. The summed E-state index contributed by atoms with van der Waals surface area (Å²) >= 11 is 0. The van der Waals surface area contributed by atoms with Crippen molar-refractivity contribution in [3.05, 3.63) is 18.0 Å². The van der Waals surface area contributed by atoms with Crippen LogP contribution in [0.4, 0.5) is 5.95 Å². The molecule has 0 bridgehead atoms. The van der Waals surface area contributed by atoms with E-state index in [1.165, 1.54) is 0 Å². The maximum Gasteiger partial charge on any atom is 0.225 e. The first kappa shape index (κ1) is 14.2. The van der Waals surface area contributed by atoms with Crippen molar-refractivity contribution in [3.8, 4) is 0 Å². The van der Waals surface area contributed by atoms with Crippen LogP contribution in [0, 0.1) is 0 Å². The Hall–Kier alpha value is -1.20. The molecule has 0 spiro atoms. The summed E-state index contributed by atoms with van der Waals surface area (Å²) in [7, 11) is 0. The monoisotopic (exact) mass is 264 g/mol. The largest absolute Gasteiger partial charge is 0.388 e. The van der Waals surface area contributed by atoms with Crippen LogP contribution < -0.4 is 10.2 Å². The summed E-state index contributed by atoms with van der Waals surface area (Å²) in [5, 5.41) is 13.4. The van der Waals surface area contributed by atoms with Crippen molar-refractivity contribution in [1.82, 2.24) is 15.3 Å². The Bertz CT molecular complexity index is 402.